The van der Waals surface area contributed by atoms with Crippen LogP contribution in [-0.4, -0.2) is 54.3 Å². The quantitative estimate of drug-likeness (QED) is 0.761. The van der Waals surface area contributed by atoms with Crippen molar-refractivity contribution in [3.05, 3.63) is 47.5 Å². The van der Waals surface area contributed by atoms with Crippen LogP contribution in [0.5, 0.6) is 5.88 Å². The van der Waals surface area contributed by atoms with Gasteiger partial charge in [0.2, 0.25) is 11.8 Å². The first-order valence-electron chi connectivity index (χ1n) is 9.34. The van der Waals surface area contributed by atoms with E-state index in [4.69, 9.17) is 4.74 Å². The van der Waals surface area contributed by atoms with Crippen molar-refractivity contribution in [2.24, 2.45) is 0 Å². The van der Waals surface area contributed by atoms with Crippen LogP contribution in [0.15, 0.2) is 36.4 Å². The van der Waals surface area contributed by atoms with Gasteiger partial charge in [-0.2, -0.15) is 13.2 Å². The molecule has 6 nitrogen and oxygen atoms in total. The van der Waals surface area contributed by atoms with Crippen molar-refractivity contribution in [3.8, 4) is 5.88 Å². The van der Waals surface area contributed by atoms with Crippen LogP contribution in [0.3, 0.4) is 0 Å². The average Bonchev–Trinajstić information content (AvgIpc) is 2.68. The van der Waals surface area contributed by atoms with E-state index >= 15 is 0 Å². The van der Waals surface area contributed by atoms with Crippen molar-refractivity contribution in [3.63, 3.8) is 0 Å². The molecule has 1 atom stereocenters. The molecule has 29 heavy (non-hydrogen) atoms. The largest absolute Gasteiger partial charge is 0.471 e. The molecule has 1 fully saturated rings. The van der Waals surface area contributed by atoms with Gasteiger partial charge in [0.15, 0.2) is 5.82 Å². The molecule has 2 aromatic rings. The van der Waals surface area contributed by atoms with Gasteiger partial charge in [0.25, 0.3) is 0 Å². The Morgan fingerprint density at radius 1 is 1.17 bits per heavy atom. The number of piperidine rings is 1. The predicted octanol–water partition coefficient (Wildman–Crippen LogP) is 3.17. The maximum absolute atomic E-state index is 12.7. The number of amides is 1. The SMILES string of the molecule is CN(C)c1ccc(OC2CCCN(C(=O)Cc3ccc(C(F)(F)F)cc3)C2)nn1. The summed E-state index contributed by atoms with van der Waals surface area (Å²) in [5.74, 6) is 0.985. The number of carbonyl (C=O) groups excluding carboxylic acids is 1. The van der Waals surface area contributed by atoms with Gasteiger partial charge < -0.3 is 14.5 Å². The van der Waals surface area contributed by atoms with Gasteiger partial charge in [0, 0.05) is 26.7 Å². The molecule has 1 aromatic carbocycles. The Kier molecular flexibility index (Phi) is 6.24. The maximum Gasteiger partial charge on any atom is 0.416 e. The van der Waals surface area contributed by atoms with E-state index in [2.05, 4.69) is 10.2 Å². The zero-order valence-electron chi connectivity index (χ0n) is 16.3. The Morgan fingerprint density at radius 2 is 1.90 bits per heavy atom. The topological polar surface area (TPSA) is 58.6 Å². The first kappa shape index (κ1) is 20.9. The van der Waals surface area contributed by atoms with Crippen LogP contribution in [0.2, 0.25) is 0 Å². The van der Waals surface area contributed by atoms with Crippen LogP contribution in [0.1, 0.15) is 24.0 Å². The number of hydrogen-bond donors (Lipinski definition) is 0. The Bertz CT molecular complexity index is 823. The zero-order chi connectivity index (χ0) is 21.0. The van der Waals surface area contributed by atoms with Crippen molar-refractivity contribution in [1.82, 2.24) is 15.1 Å². The summed E-state index contributed by atoms with van der Waals surface area (Å²) in [6.07, 6.45) is -2.94. The fourth-order valence-corrected chi connectivity index (χ4v) is 3.14. The average molecular weight is 408 g/mol. The van der Waals surface area contributed by atoms with E-state index in [1.54, 1.807) is 17.0 Å². The highest BCUT2D eigenvalue weighted by molar-refractivity contribution is 5.79. The van der Waals surface area contributed by atoms with Crippen molar-refractivity contribution in [2.75, 3.05) is 32.1 Å². The Hall–Kier alpha value is -2.84. The Labute approximate surface area is 167 Å². The lowest BCUT2D eigenvalue weighted by Gasteiger charge is -2.32. The third kappa shape index (κ3) is 5.58. The normalized spacial score (nSPS) is 17.1. The minimum absolute atomic E-state index is 0.0577. The highest BCUT2D eigenvalue weighted by Crippen LogP contribution is 2.29. The highest BCUT2D eigenvalue weighted by atomic mass is 19.4. The zero-order valence-corrected chi connectivity index (χ0v) is 16.3. The van der Waals surface area contributed by atoms with Crippen molar-refractivity contribution >= 4 is 11.7 Å². The standard InChI is InChI=1S/C20H23F3N4O2/c1-26(2)17-9-10-18(25-24-17)29-16-4-3-11-27(13-16)19(28)12-14-5-7-15(8-6-14)20(21,22)23/h5-10,16H,3-4,11-13H2,1-2H3. The number of hydrogen-bond acceptors (Lipinski definition) is 5. The number of aromatic nitrogens is 2. The molecule has 1 aliphatic rings. The summed E-state index contributed by atoms with van der Waals surface area (Å²) < 4.78 is 43.8. The summed E-state index contributed by atoms with van der Waals surface area (Å²) in [5, 5.41) is 8.12. The minimum Gasteiger partial charge on any atom is -0.471 e. The molecule has 1 saturated heterocycles. The molecule has 1 aliphatic heterocycles. The lowest BCUT2D eigenvalue weighted by molar-refractivity contribution is -0.137. The van der Waals surface area contributed by atoms with Crippen LogP contribution < -0.4 is 9.64 Å². The number of anilines is 1. The fraction of sp³-hybridized carbons (Fsp3) is 0.450. The van der Waals surface area contributed by atoms with Gasteiger partial charge in [-0.1, -0.05) is 12.1 Å². The molecule has 0 aliphatic carbocycles. The molecular formula is C20H23F3N4O2. The van der Waals surface area contributed by atoms with E-state index in [1.807, 2.05) is 19.0 Å². The van der Waals surface area contributed by atoms with Crippen LogP contribution in [0.25, 0.3) is 0 Å². The van der Waals surface area contributed by atoms with Gasteiger partial charge in [-0.05, 0) is 36.6 Å². The fourth-order valence-electron chi connectivity index (χ4n) is 3.14. The number of halogens is 3. The number of rotatable bonds is 5. The first-order valence-corrected chi connectivity index (χ1v) is 9.34. The summed E-state index contributed by atoms with van der Waals surface area (Å²) in [4.78, 5) is 16.1. The molecule has 0 saturated carbocycles. The molecule has 1 amide bonds. The smallest absolute Gasteiger partial charge is 0.416 e. The molecule has 0 bridgehead atoms. The molecule has 156 valence electrons. The van der Waals surface area contributed by atoms with Crippen LogP contribution in [0, 0.1) is 0 Å². The van der Waals surface area contributed by atoms with Gasteiger partial charge >= 0.3 is 6.18 Å². The highest BCUT2D eigenvalue weighted by Gasteiger charge is 2.30. The third-order valence-corrected chi connectivity index (χ3v) is 4.74. The second-order valence-electron chi connectivity index (χ2n) is 7.22. The second-order valence-corrected chi connectivity index (χ2v) is 7.22. The lowest BCUT2D eigenvalue weighted by atomic mass is 10.1. The van der Waals surface area contributed by atoms with Gasteiger partial charge in [-0.3, -0.25) is 4.79 Å². The van der Waals surface area contributed by atoms with Crippen LogP contribution in [-0.2, 0) is 17.4 Å². The number of nitrogens with zero attached hydrogens (tertiary/aromatic N) is 4. The minimum atomic E-state index is -4.38. The summed E-state index contributed by atoms with van der Waals surface area (Å²) >= 11 is 0. The summed E-state index contributed by atoms with van der Waals surface area (Å²) in [6.45, 7) is 1.02. The number of benzene rings is 1. The van der Waals surface area contributed by atoms with Crippen LogP contribution >= 0.6 is 0 Å². The molecular weight excluding hydrogens is 385 g/mol. The second kappa shape index (κ2) is 8.67. The van der Waals surface area contributed by atoms with E-state index in [-0.39, 0.29) is 18.4 Å². The number of ether oxygens (including phenoxy) is 1. The molecule has 9 heteroatoms. The summed E-state index contributed by atoms with van der Waals surface area (Å²) in [6, 6.07) is 8.24. The molecule has 0 N–H and O–H groups in total. The van der Waals surface area contributed by atoms with E-state index < -0.39 is 11.7 Å². The Balaban J connectivity index is 1.56. The number of alkyl halides is 3. The summed E-state index contributed by atoms with van der Waals surface area (Å²) in [7, 11) is 3.73. The molecule has 0 spiro atoms. The maximum atomic E-state index is 12.7. The number of carbonyl (C=O) groups is 1. The van der Waals surface area contributed by atoms with E-state index in [1.165, 1.54) is 12.1 Å². The lowest BCUT2D eigenvalue weighted by Crippen LogP contribution is -2.45. The van der Waals surface area contributed by atoms with E-state index in [0.29, 0.717) is 30.4 Å². The third-order valence-electron chi connectivity index (χ3n) is 4.74. The Morgan fingerprint density at radius 3 is 2.48 bits per heavy atom. The van der Waals surface area contributed by atoms with Gasteiger partial charge in [-0.15, -0.1) is 10.2 Å². The monoisotopic (exact) mass is 408 g/mol. The van der Waals surface area contributed by atoms with Crippen molar-refractivity contribution in [2.45, 2.75) is 31.5 Å². The van der Waals surface area contributed by atoms with Crippen molar-refractivity contribution in [1.29, 1.82) is 0 Å². The molecule has 1 aromatic heterocycles. The van der Waals surface area contributed by atoms with Gasteiger partial charge in [-0.25, -0.2) is 0 Å². The van der Waals surface area contributed by atoms with Crippen LogP contribution in [0.4, 0.5) is 19.0 Å². The summed E-state index contributed by atoms with van der Waals surface area (Å²) in [5.41, 5.74) is -0.169. The van der Waals surface area contributed by atoms with Crippen molar-refractivity contribution < 1.29 is 22.7 Å². The molecule has 1 unspecified atom stereocenters. The molecule has 3 rings (SSSR count). The molecule has 0 radical (unpaired) electrons. The molecule has 2 heterocycles. The predicted molar refractivity (Wildman–Crippen MR) is 102 cm³/mol. The van der Waals surface area contributed by atoms with Gasteiger partial charge in [0.1, 0.15) is 6.10 Å². The number of likely N-dealkylation sites (tertiary alicyclic amines) is 1. The van der Waals surface area contributed by atoms with E-state index in [9.17, 15) is 18.0 Å². The first-order chi connectivity index (χ1) is 13.7. The van der Waals surface area contributed by atoms with Gasteiger partial charge in [0.05, 0.1) is 18.5 Å². The van der Waals surface area contributed by atoms with E-state index in [0.717, 1.165) is 25.0 Å².